The molecule has 0 aromatic rings. The molecule has 0 aromatic heterocycles. The summed E-state index contributed by atoms with van der Waals surface area (Å²) in [4.78, 5) is 0. The summed E-state index contributed by atoms with van der Waals surface area (Å²) in [5, 5.41) is 0. The van der Waals surface area contributed by atoms with Crippen LogP contribution < -0.4 is 0 Å². The molecule has 1 atom stereocenters. The Morgan fingerprint density at radius 3 is 2.45 bits per heavy atom. The van der Waals surface area contributed by atoms with Crippen molar-refractivity contribution in [1.82, 2.24) is 4.31 Å². The standard InChI is InChI=1S/C6H12ClNO2S/c1-6-4-2-3-5-8(6)11(7,9)10/h6H,2-5H2,1H3/t6-/m0/s1. The summed E-state index contributed by atoms with van der Waals surface area (Å²) in [5.41, 5.74) is 0. The first-order chi connectivity index (χ1) is 5.02. The highest BCUT2D eigenvalue weighted by Crippen LogP contribution is 2.21. The Bertz CT molecular complexity index is 227. The van der Waals surface area contributed by atoms with Crippen LogP contribution in [0.1, 0.15) is 26.2 Å². The van der Waals surface area contributed by atoms with E-state index >= 15 is 0 Å². The van der Waals surface area contributed by atoms with Crippen LogP contribution in [-0.2, 0) is 9.24 Å². The second-order valence-electron chi connectivity index (χ2n) is 2.90. The number of hydrogen-bond acceptors (Lipinski definition) is 2. The maximum absolute atomic E-state index is 10.9. The van der Waals surface area contributed by atoms with Crippen LogP contribution in [0.25, 0.3) is 0 Å². The molecule has 0 radical (unpaired) electrons. The molecule has 0 aromatic carbocycles. The molecule has 0 N–H and O–H groups in total. The Morgan fingerprint density at radius 2 is 2.09 bits per heavy atom. The molecule has 1 heterocycles. The molecule has 0 amide bonds. The fraction of sp³-hybridized carbons (Fsp3) is 1.00. The predicted octanol–water partition coefficient (Wildman–Crippen LogP) is 1.34. The highest BCUT2D eigenvalue weighted by Gasteiger charge is 2.27. The number of hydrogen-bond donors (Lipinski definition) is 0. The summed E-state index contributed by atoms with van der Waals surface area (Å²) in [6.45, 7) is 2.46. The topological polar surface area (TPSA) is 37.4 Å². The Morgan fingerprint density at radius 1 is 1.45 bits per heavy atom. The van der Waals surface area contributed by atoms with Crippen LogP contribution in [0.3, 0.4) is 0 Å². The fourth-order valence-corrected chi connectivity index (χ4v) is 2.89. The van der Waals surface area contributed by atoms with E-state index in [1.54, 1.807) is 0 Å². The summed E-state index contributed by atoms with van der Waals surface area (Å²) in [5.74, 6) is 0. The van der Waals surface area contributed by atoms with Gasteiger partial charge in [-0.3, -0.25) is 0 Å². The highest BCUT2D eigenvalue weighted by molar-refractivity contribution is 8.11. The minimum Gasteiger partial charge on any atom is -0.195 e. The van der Waals surface area contributed by atoms with E-state index in [1.165, 1.54) is 4.31 Å². The van der Waals surface area contributed by atoms with Gasteiger partial charge in [0.25, 0.3) is 9.24 Å². The molecule has 0 spiro atoms. The van der Waals surface area contributed by atoms with Gasteiger partial charge in [0.05, 0.1) is 0 Å². The van der Waals surface area contributed by atoms with Crippen molar-refractivity contribution < 1.29 is 8.42 Å². The molecule has 1 saturated heterocycles. The van der Waals surface area contributed by atoms with E-state index in [2.05, 4.69) is 0 Å². The van der Waals surface area contributed by atoms with Gasteiger partial charge in [-0.05, 0) is 19.8 Å². The summed E-state index contributed by atoms with van der Waals surface area (Å²) in [6.07, 6.45) is 2.95. The molecule has 1 aliphatic rings. The van der Waals surface area contributed by atoms with Crippen LogP contribution >= 0.6 is 10.7 Å². The first-order valence-electron chi connectivity index (χ1n) is 3.73. The van der Waals surface area contributed by atoms with Gasteiger partial charge in [-0.25, -0.2) is 0 Å². The van der Waals surface area contributed by atoms with E-state index < -0.39 is 9.24 Å². The van der Waals surface area contributed by atoms with Crippen molar-refractivity contribution in [1.29, 1.82) is 0 Å². The monoisotopic (exact) mass is 197 g/mol. The Kier molecular flexibility index (Phi) is 2.78. The number of nitrogens with zero attached hydrogens (tertiary/aromatic N) is 1. The second-order valence-corrected chi connectivity index (χ2v) is 5.36. The van der Waals surface area contributed by atoms with Crippen LogP contribution in [0.15, 0.2) is 0 Å². The van der Waals surface area contributed by atoms with Gasteiger partial charge in [0.2, 0.25) is 0 Å². The molecule has 1 aliphatic heterocycles. The van der Waals surface area contributed by atoms with Gasteiger partial charge in [-0.1, -0.05) is 6.42 Å². The Labute approximate surface area is 71.9 Å². The zero-order valence-corrected chi connectivity index (χ0v) is 8.03. The summed E-state index contributed by atoms with van der Waals surface area (Å²) in [6, 6.07) is 0.0752. The van der Waals surface area contributed by atoms with Gasteiger partial charge in [0.1, 0.15) is 0 Å². The molecular formula is C6H12ClNO2S. The van der Waals surface area contributed by atoms with E-state index in [1.807, 2.05) is 6.92 Å². The lowest BCUT2D eigenvalue weighted by Crippen LogP contribution is -2.39. The predicted molar refractivity (Wildman–Crippen MR) is 44.8 cm³/mol. The minimum absolute atomic E-state index is 0.0752. The molecule has 0 saturated carbocycles. The number of rotatable bonds is 1. The molecule has 3 nitrogen and oxygen atoms in total. The van der Waals surface area contributed by atoms with E-state index in [0.717, 1.165) is 19.3 Å². The molecule has 1 fully saturated rings. The quantitative estimate of drug-likeness (QED) is 0.595. The van der Waals surface area contributed by atoms with Crippen LogP contribution in [0.4, 0.5) is 0 Å². The van der Waals surface area contributed by atoms with Gasteiger partial charge in [0, 0.05) is 23.3 Å². The maximum atomic E-state index is 10.9. The fourth-order valence-electron chi connectivity index (χ4n) is 1.40. The van der Waals surface area contributed by atoms with Crippen molar-refractivity contribution in [2.24, 2.45) is 0 Å². The molecule has 0 unspecified atom stereocenters. The van der Waals surface area contributed by atoms with Gasteiger partial charge in [0.15, 0.2) is 0 Å². The SMILES string of the molecule is C[C@H]1CCCCN1S(=O)(=O)Cl. The van der Waals surface area contributed by atoms with Crippen molar-refractivity contribution in [3.05, 3.63) is 0 Å². The molecule has 66 valence electrons. The van der Waals surface area contributed by atoms with Crippen LogP contribution in [0, 0.1) is 0 Å². The highest BCUT2D eigenvalue weighted by atomic mass is 35.7. The lowest BCUT2D eigenvalue weighted by Gasteiger charge is -2.29. The number of piperidine rings is 1. The van der Waals surface area contributed by atoms with Crippen molar-refractivity contribution >= 4 is 19.9 Å². The van der Waals surface area contributed by atoms with Crippen molar-refractivity contribution in [3.8, 4) is 0 Å². The van der Waals surface area contributed by atoms with Crippen molar-refractivity contribution in [2.75, 3.05) is 6.54 Å². The zero-order chi connectivity index (χ0) is 8.48. The third kappa shape index (κ3) is 2.32. The largest absolute Gasteiger partial charge is 0.300 e. The maximum Gasteiger partial charge on any atom is 0.300 e. The smallest absolute Gasteiger partial charge is 0.195 e. The molecule has 0 aliphatic carbocycles. The second kappa shape index (κ2) is 3.29. The first kappa shape index (κ1) is 9.29. The van der Waals surface area contributed by atoms with Crippen LogP contribution in [-0.4, -0.2) is 25.3 Å². The average Bonchev–Trinajstić information content (AvgIpc) is 1.86. The molecular weight excluding hydrogens is 186 g/mol. The van der Waals surface area contributed by atoms with Gasteiger partial charge < -0.3 is 0 Å². The van der Waals surface area contributed by atoms with E-state index in [-0.39, 0.29) is 6.04 Å². The van der Waals surface area contributed by atoms with E-state index in [4.69, 9.17) is 10.7 Å². The van der Waals surface area contributed by atoms with Gasteiger partial charge in [-0.15, -0.1) is 0 Å². The van der Waals surface area contributed by atoms with Crippen molar-refractivity contribution in [3.63, 3.8) is 0 Å². The molecule has 1 rings (SSSR count). The van der Waals surface area contributed by atoms with Crippen LogP contribution in [0.5, 0.6) is 0 Å². The third-order valence-electron chi connectivity index (χ3n) is 2.02. The van der Waals surface area contributed by atoms with Crippen molar-refractivity contribution in [2.45, 2.75) is 32.2 Å². The summed E-state index contributed by atoms with van der Waals surface area (Å²) in [7, 11) is 1.74. The molecule has 5 heteroatoms. The van der Waals surface area contributed by atoms with Gasteiger partial charge in [-0.2, -0.15) is 12.7 Å². The normalized spacial score (nSPS) is 28.7. The minimum atomic E-state index is -3.47. The lowest BCUT2D eigenvalue weighted by atomic mass is 10.1. The molecule has 0 bridgehead atoms. The Hall–Kier alpha value is 0.200. The zero-order valence-electron chi connectivity index (χ0n) is 6.46. The Balaban J connectivity index is 2.70. The first-order valence-corrected chi connectivity index (χ1v) is 6.00. The third-order valence-corrected chi connectivity index (χ3v) is 3.66. The lowest BCUT2D eigenvalue weighted by molar-refractivity contribution is 0.273. The van der Waals surface area contributed by atoms with E-state index in [0.29, 0.717) is 6.54 Å². The molecule has 11 heavy (non-hydrogen) atoms. The number of halogens is 1. The summed E-state index contributed by atoms with van der Waals surface area (Å²) >= 11 is 0. The van der Waals surface area contributed by atoms with Crippen LogP contribution in [0.2, 0.25) is 0 Å². The average molecular weight is 198 g/mol. The summed E-state index contributed by atoms with van der Waals surface area (Å²) < 4.78 is 23.1. The van der Waals surface area contributed by atoms with Gasteiger partial charge >= 0.3 is 0 Å². The van der Waals surface area contributed by atoms with E-state index in [9.17, 15) is 8.42 Å².